The lowest BCUT2D eigenvalue weighted by Crippen LogP contribution is -2.54. The number of hydrogen-bond donors (Lipinski definition) is 1. The van der Waals surface area contributed by atoms with Crippen molar-refractivity contribution in [2.24, 2.45) is 5.92 Å². The van der Waals surface area contributed by atoms with Crippen molar-refractivity contribution >= 4 is 17.5 Å². The Labute approximate surface area is 128 Å². The number of halogens is 2. The molecule has 1 aromatic carbocycles. The fourth-order valence-electron chi connectivity index (χ4n) is 3.59. The van der Waals surface area contributed by atoms with Gasteiger partial charge in [0, 0.05) is 19.0 Å². The van der Waals surface area contributed by atoms with E-state index in [0.29, 0.717) is 25.1 Å². The van der Waals surface area contributed by atoms with Crippen molar-refractivity contribution in [1.29, 1.82) is 0 Å². The second-order valence-corrected chi connectivity index (χ2v) is 6.58. The molecule has 1 aliphatic heterocycles. The van der Waals surface area contributed by atoms with Gasteiger partial charge in [-0.15, -0.1) is 0 Å². The number of rotatable bonds is 1. The van der Waals surface area contributed by atoms with Gasteiger partial charge in [-0.3, -0.25) is 4.79 Å². The van der Waals surface area contributed by atoms with Gasteiger partial charge in [-0.1, -0.05) is 24.4 Å². The van der Waals surface area contributed by atoms with E-state index in [2.05, 4.69) is 0 Å². The summed E-state index contributed by atoms with van der Waals surface area (Å²) in [5.74, 6) is -0.479. The molecule has 114 valence electrons. The highest BCUT2D eigenvalue weighted by atomic mass is 35.5. The number of carbonyl (C=O) groups is 1. The molecule has 1 N–H and O–H groups in total. The largest absolute Gasteiger partial charge is 0.389 e. The van der Waals surface area contributed by atoms with Crippen molar-refractivity contribution in [2.75, 3.05) is 13.1 Å². The van der Waals surface area contributed by atoms with Crippen LogP contribution in [0.3, 0.4) is 0 Å². The minimum absolute atomic E-state index is 0.142. The van der Waals surface area contributed by atoms with E-state index in [9.17, 15) is 14.3 Å². The zero-order chi connectivity index (χ0) is 15.0. The van der Waals surface area contributed by atoms with Gasteiger partial charge in [0.2, 0.25) is 0 Å². The second kappa shape index (κ2) is 5.58. The first-order chi connectivity index (χ1) is 9.99. The van der Waals surface area contributed by atoms with E-state index in [1.165, 1.54) is 12.1 Å². The summed E-state index contributed by atoms with van der Waals surface area (Å²) in [6.45, 7) is 1.09. The van der Waals surface area contributed by atoms with Crippen molar-refractivity contribution in [2.45, 2.75) is 37.7 Å². The lowest BCUT2D eigenvalue weighted by molar-refractivity contribution is -0.0886. The topological polar surface area (TPSA) is 40.5 Å². The van der Waals surface area contributed by atoms with Crippen LogP contribution in [0.1, 0.15) is 42.5 Å². The molecule has 0 bridgehead atoms. The third-order valence-electron chi connectivity index (χ3n) is 4.88. The van der Waals surface area contributed by atoms with Crippen LogP contribution in [0.5, 0.6) is 0 Å². The average molecular weight is 312 g/mol. The molecule has 2 atom stereocenters. The number of fused-ring (bicyclic) bond motifs is 1. The van der Waals surface area contributed by atoms with Crippen LogP contribution >= 0.6 is 11.6 Å². The monoisotopic (exact) mass is 311 g/mol. The van der Waals surface area contributed by atoms with Crippen LogP contribution in [0.15, 0.2) is 18.2 Å². The van der Waals surface area contributed by atoms with Crippen molar-refractivity contribution in [3.05, 3.63) is 34.6 Å². The number of nitrogens with zero attached hydrogens (tertiary/aromatic N) is 1. The first-order valence-corrected chi connectivity index (χ1v) is 7.84. The SMILES string of the molecule is O=C(c1ccc(F)cc1Cl)N1CCC2(O)CCCCC2C1. The van der Waals surface area contributed by atoms with Gasteiger partial charge in [-0.05, 0) is 37.5 Å². The van der Waals surface area contributed by atoms with Crippen molar-refractivity contribution in [1.82, 2.24) is 4.90 Å². The standard InChI is InChI=1S/C16H19ClFNO2/c17-14-9-12(18)4-5-13(14)15(20)19-8-7-16(21)6-2-1-3-11(16)10-19/h4-5,9,11,21H,1-3,6-8,10H2. The van der Waals surface area contributed by atoms with Gasteiger partial charge in [0.15, 0.2) is 0 Å². The Morgan fingerprint density at radius 3 is 2.95 bits per heavy atom. The molecule has 0 aromatic heterocycles. The van der Waals surface area contributed by atoms with E-state index in [1.54, 1.807) is 4.90 Å². The second-order valence-electron chi connectivity index (χ2n) is 6.17. The number of aliphatic hydroxyl groups is 1. The summed E-state index contributed by atoms with van der Waals surface area (Å²) in [4.78, 5) is 14.3. The molecule has 1 saturated heterocycles. The Hall–Kier alpha value is -1.13. The Balaban J connectivity index is 1.77. The molecule has 21 heavy (non-hydrogen) atoms. The third-order valence-corrected chi connectivity index (χ3v) is 5.19. The van der Waals surface area contributed by atoms with Crippen molar-refractivity contribution in [3.63, 3.8) is 0 Å². The zero-order valence-electron chi connectivity index (χ0n) is 11.8. The highest BCUT2D eigenvalue weighted by Gasteiger charge is 2.43. The van der Waals surface area contributed by atoms with Crippen molar-refractivity contribution in [3.8, 4) is 0 Å². The molecular weight excluding hydrogens is 293 g/mol. The van der Waals surface area contributed by atoms with Crippen LogP contribution < -0.4 is 0 Å². The zero-order valence-corrected chi connectivity index (χ0v) is 12.6. The number of likely N-dealkylation sites (tertiary alicyclic amines) is 1. The predicted molar refractivity (Wildman–Crippen MR) is 78.8 cm³/mol. The fraction of sp³-hybridized carbons (Fsp3) is 0.562. The summed E-state index contributed by atoms with van der Waals surface area (Å²) in [7, 11) is 0. The van der Waals surface area contributed by atoms with E-state index in [0.717, 1.165) is 31.7 Å². The minimum Gasteiger partial charge on any atom is -0.389 e. The van der Waals surface area contributed by atoms with E-state index in [1.807, 2.05) is 0 Å². The summed E-state index contributed by atoms with van der Waals surface area (Å²) >= 11 is 5.97. The Bertz CT molecular complexity index is 565. The number of amides is 1. The lowest BCUT2D eigenvalue weighted by atomic mass is 9.71. The number of hydrogen-bond acceptors (Lipinski definition) is 2. The molecular formula is C16H19ClFNO2. The molecule has 2 unspecified atom stereocenters. The number of carbonyl (C=O) groups excluding carboxylic acids is 1. The number of piperidine rings is 1. The van der Waals surface area contributed by atoms with E-state index in [-0.39, 0.29) is 16.8 Å². The Morgan fingerprint density at radius 2 is 2.19 bits per heavy atom. The third kappa shape index (κ3) is 2.79. The molecule has 0 radical (unpaired) electrons. The first kappa shape index (κ1) is 14.8. The molecule has 1 aliphatic carbocycles. The van der Waals surface area contributed by atoms with Gasteiger partial charge < -0.3 is 10.0 Å². The molecule has 1 saturated carbocycles. The summed E-state index contributed by atoms with van der Waals surface area (Å²) in [5.41, 5.74) is -0.277. The molecule has 1 amide bonds. The molecule has 3 nitrogen and oxygen atoms in total. The van der Waals surface area contributed by atoms with Crippen LogP contribution in [0.2, 0.25) is 5.02 Å². The maximum absolute atomic E-state index is 13.1. The molecule has 1 heterocycles. The van der Waals surface area contributed by atoms with Gasteiger partial charge >= 0.3 is 0 Å². The normalized spacial score (nSPS) is 29.1. The van der Waals surface area contributed by atoms with Crippen LogP contribution in [0.25, 0.3) is 0 Å². The highest BCUT2D eigenvalue weighted by Crippen LogP contribution is 2.40. The minimum atomic E-state index is -0.610. The molecule has 5 heteroatoms. The fourth-order valence-corrected chi connectivity index (χ4v) is 3.84. The molecule has 1 aromatic rings. The van der Waals surface area contributed by atoms with E-state index < -0.39 is 11.4 Å². The van der Waals surface area contributed by atoms with Gasteiger partial charge in [0.1, 0.15) is 5.82 Å². The van der Waals surface area contributed by atoms with E-state index in [4.69, 9.17) is 11.6 Å². The quantitative estimate of drug-likeness (QED) is 0.865. The highest BCUT2D eigenvalue weighted by molar-refractivity contribution is 6.33. The maximum Gasteiger partial charge on any atom is 0.255 e. The van der Waals surface area contributed by atoms with Gasteiger partial charge in [0.25, 0.3) is 5.91 Å². The van der Waals surface area contributed by atoms with Crippen LogP contribution in [-0.2, 0) is 0 Å². The number of benzene rings is 1. The summed E-state index contributed by atoms with van der Waals surface area (Å²) < 4.78 is 13.1. The summed E-state index contributed by atoms with van der Waals surface area (Å²) in [6.07, 6.45) is 4.56. The van der Waals surface area contributed by atoms with E-state index >= 15 is 0 Å². The summed E-state index contributed by atoms with van der Waals surface area (Å²) in [6, 6.07) is 3.84. The van der Waals surface area contributed by atoms with Gasteiger partial charge in [0.05, 0.1) is 16.2 Å². The maximum atomic E-state index is 13.1. The smallest absolute Gasteiger partial charge is 0.255 e. The lowest BCUT2D eigenvalue weighted by Gasteiger charge is -2.47. The van der Waals surface area contributed by atoms with Crippen molar-refractivity contribution < 1.29 is 14.3 Å². The molecule has 0 spiro atoms. The Morgan fingerprint density at radius 1 is 1.38 bits per heavy atom. The first-order valence-electron chi connectivity index (χ1n) is 7.46. The predicted octanol–water partition coefficient (Wildman–Crippen LogP) is 3.25. The van der Waals surface area contributed by atoms with Crippen LogP contribution in [0.4, 0.5) is 4.39 Å². The van der Waals surface area contributed by atoms with Gasteiger partial charge in [-0.25, -0.2) is 4.39 Å². The van der Waals surface area contributed by atoms with Crippen LogP contribution in [-0.4, -0.2) is 34.6 Å². The average Bonchev–Trinajstić information content (AvgIpc) is 2.45. The van der Waals surface area contributed by atoms with Gasteiger partial charge in [-0.2, -0.15) is 0 Å². The summed E-state index contributed by atoms with van der Waals surface area (Å²) in [5, 5.41) is 10.8. The molecule has 2 aliphatic rings. The van der Waals surface area contributed by atoms with Crippen LogP contribution in [0, 0.1) is 11.7 Å². The molecule has 2 fully saturated rings. The Kier molecular flexibility index (Phi) is 3.93. The molecule has 3 rings (SSSR count).